The summed E-state index contributed by atoms with van der Waals surface area (Å²) in [6.07, 6.45) is 0. The molecule has 0 saturated heterocycles. The van der Waals surface area contributed by atoms with E-state index in [1.54, 1.807) is 0 Å². The predicted molar refractivity (Wildman–Crippen MR) is 195 cm³/mol. The summed E-state index contributed by atoms with van der Waals surface area (Å²) in [6.45, 7) is 0. The Balaban J connectivity index is 1.31. The van der Waals surface area contributed by atoms with E-state index in [1.165, 1.54) is 69.4 Å². The van der Waals surface area contributed by atoms with Crippen LogP contribution in [0.2, 0.25) is 5.02 Å². The van der Waals surface area contributed by atoms with Crippen molar-refractivity contribution in [1.82, 2.24) is 0 Å². The quantitative estimate of drug-likeness (QED) is 0.177. The van der Waals surface area contributed by atoms with Gasteiger partial charge in [0.05, 0.1) is 0 Å². The highest BCUT2D eigenvalue weighted by molar-refractivity contribution is 7.26. The summed E-state index contributed by atoms with van der Waals surface area (Å²) >= 11 is 8.03. The molecule has 2 heterocycles. The average molecular weight is 611 g/mol. The summed E-state index contributed by atoms with van der Waals surface area (Å²) in [5, 5.41) is 12.8. The standard InChI is InChI=1S/C42H23ClOS/c43-26-19-16-24(17-20-26)25-18-21-34-38(22-25)45-37-15-7-14-31(39(34)37)35-23-36-40-30-11-4-1-8-27(30)28-9-2-6-13-33(28)42(40)44-41(36)32-12-5-3-10-29(32)35/h1-23H. The third-order valence-corrected chi connectivity index (χ3v) is 10.7. The van der Waals surface area contributed by atoms with Gasteiger partial charge in [-0.2, -0.15) is 0 Å². The highest BCUT2D eigenvalue weighted by Crippen LogP contribution is 2.48. The van der Waals surface area contributed by atoms with E-state index in [1.807, 2.05) is 23.5 Å². The first-order valence-corrected chi connectivity index (χ1v) is 16.3. The first-order valence-electron chi connectivity index (χ1n) is 15.1. The molecule has 0 unspecified atom stereocenters. The fourth-order valence-electron chi connectivity index (χ4n) is 7.32. The maximum atomic E-state index is 6.88. The van der Waals surface area contributed by atoms with Crippen LogP contribution in [0.3, 0.4) is 0 Å². The molecule has 3 heteroatoms. The fourth-order valence-corrected chi connectivity index (χ4v) is 8.62. The van der Waals surface area contributed by atoms with Crippen molar-refractivity contribution in [3.63, 3.8) is 0 Å². The molecule has 0 saturated carbocycles. The largest absolute Gasteiger partial charge is 0.455 e. The SMILES string of the molecule is Clc1ccc(-c2ccc3c(c2)sc2cccc(-c4cc5c(oc6c7ccccc7c7ccccc7c56)c5ccccc45)c23)cc1. The molecule has 1 nitrogen and oxygen atoms in total. The Morgan fingerprint density at radius 3 is 1.82 bits per heavy atom. The Bertz CT molecular complexity index is 2820. The van der Waals surface area contributed by atoms with Gasteiger partial charge in [0.25, 0.3) is 0 Å². The first kappa shape index (κ1) is 25.2. The van der Waals surface area contributed by atoms with Crippen molar-refractivity contribution >= 4 is 97.4 Å². The van der Waals surface area contributed by atoms with Crippen molar-refractivity contribution in [2.45, 2.75) is 0 Å². The van der Waals surface area contributed by atoms with E-state index in [0.717, 1.165) is 32.3 Å². The number of thiophene rings is 1. The van der Waals surface area contributed by atoms with E-state index in [2.05, 4.69) is 127 Å². The van der Waals surface area contributed by atoms with Gasteiger partial charge in [-0.15, -0.1) is 11.3 Å². The van der Waals surface area contributed by atoms with Gasteiger partial charge in [-0.25, -0.2) is 0 Å². The summed E-state index contributed by atoms with van der Waals surface area (Å²) in [6, 6.07) is 50.1. The lowest BCUT2D eigenvalue weighted by molar-refractivity contribution is 0.676. The van der Waals surface area contributed by atoms with Crippen molar-refractivity contribution in [1.29, 1.82) is 0 Å². The summed E-state index contributed by atoms with van der Waals surface area (Å²) in [5.41, 5.74) is 6.74. The van der Waals surface area contributed by atoms with Gasteiger partial charge in [0.1, 0.15) is 11.2 Å². The van der Waals surface area contributed by atoms with Crippen LogP contribution in [-0.2, 0) is 0 Å². The maximum absolute atomic E-state index is 6.88. The molecule has 10 rings (SSSR count). The monoisotopic (exact) mass is 610 g/mol. The Kier molecular flexibility index (Phi) is 5.28. The average Bonchev–Trinajstić information content (AvgIpc) is 3.67. The molecule has 2 aromatic heterocycles. The third kappa shape index (κ3) is 3.61. The molecule has 0 fully saturated rings. The second-order valence-corrected chi connectivity index (χ2v) is 13.3. The van der Waals surface area contributed by atoms with E-state index < -0.39 is 0 Å². The van der Waals surface area contributed by atoms with Crippen LogP contribution in [0.5, 0.6) is 0 Å². The van der Waals surface area contributed by atoms with Crippen LogP contribution in [0.4, 0.5) is 0 Å². The first-order chi connectivity index (χ1) is 22.2. The lowest BCUT2D eigenvalue weighted by atomic mass is 9.91. The molecule has 8 aromatic carbocycles. The number of hydrogen-bond donors (Lipinski definition) is 0. The van der Waals surface area contributed by atoms with Crippen LogP contribution in [0.1, 0.15) is 0 Å². The molecule has 0 amide bonds. The molecular formula is C42H23ClOS. The van der Waals surface area contributed by atoms with Gasteiger partial charge >= 0.3 is 0 Å². The van der Waals surface area contributed by atoms with Crippen LogP contribution in [-0.4, -0.2) is 0 Å². The molecule has 10 aromatic rings. The number of fused-ring (bicyclic) bond motifs is 13. The number of rotatable bonds is 2. The Morgan fingerprint density at radius 1 is 0.400 bits per heavy atom. The normalized spacial score (nSPS) is 12.1. The van der Waals surface area contributed by atoms with Gasteiger partial charge in [0.15, 0.2) is 0 Å². The van der Waals surface area contributed by atoms with Crippen molar-refractivity contribution in [2.75, 3.05) is 0 Å². The smallest absolute Gasteiger partial charge is 0.143 e. The van der Waals surface area contributed by atoms with Crippen LogP contribution in [0, 0.1) is 0 Å². The zero-order valence-electron chi connectivity index (χ0n) is 24.0. The minimum absolute atomic E-state index is 0.752. The molecule has 0 atom stereocenters. The van der Waals surface area contributed by atoms with Gasteiger partial charge < -0.3 is 4.42 Å². The minimum atomic E-state index is 0.752. The van der Waals surface area contributed by atoms with Crippen LogP contribution in [0.25, 0.3) is 96.7 Å². The summed E-state index contributed by atoms with van der Waals surface area (Å²) in [5.74, 6) is 0. The van der Waals surface area contributed by atoms with Gasteiger partial charge in [0.2, 0.25) is 0 Å². The van der Waals surface area contributed by atoms with E-state index in [-0.39, 0.29) is 0 Å². The van der Waals surface area contributed by atoms with Gasteiger partial charge in [0, 0.05) is 46.7 Å². The van der Waals surface area contributed by atoms with Gasteiger partial charge in [-0.05, 0) is 74.1 Å². The van der Waals surface area contributed by atoms with Crippen molar-refractivity contribution in [3.8, 4) is 22.3 Å². The molecule has 0 aliphatic rings. The van der Waals surface area contributed by atoms with E-state index in [0.29, 0.717) is 0 Å². The molecule has 210 valence electrons. The summed E-state index contributed by atoms with van der Waals surface area (Å²) in [7, 11) is 0. The highest BCUT2D eigenvalue weighted by Gasteiger charge is 2.21. The number of hydrogen-bond acceptors (Lipinski definition) is 2. The topological polar surface area (TPSA) is 13.1 Å². The van der Waals surface area contributed by atoms with E-state index in [9.17, 15) is 0 Å². The minimum Gasteiger partial charge on any atom is -0.455 e. The Hall–Kier alpha value is -5.15. The number of furan rings is 1. The van der Waals surface area contributed by atoms with Crippen molar-refractivity contribution in [3.05, 3.63) is 145 Å². The van der Waals surface area contributed by atoms with Crippen LogP contribution in [0.15, 0.2) is 144 Å². The summed E-state index contributed by atoms with van der Waals surface area (Å²) < 4.78 is 9.44. The second kappa shape index (κ2) is 9.42. The lowest BCUT2D eigenvalue weighted by Gasteiger charge is -2.11. The second-order valence-electron chi connectivity index (χ2n) is 11.7. The van der Waals surface area contributed by atoms with Crippen LogP contribution >= 0.6 is 22.9 Å². The van der Waals surface area contributed by atoms with E-state index >= 15 is 0 Å². The number of benzene rings is 8. The third-order valence-electron chi connectivity index (χ3n) is 9.32. The molecule has 0 spiro atoms. The van der Waals surface area contributed by atoms with Gasteiger partial charge in [-0.3, -0.25) is 0 Å². The molecule has 0 aliphatic carbocycles. The van der Waals surface area contributed by atoms with Gasteiger partial charge in [-0.1, -0.05) is 121 Å². The van der Waals surface area contributed by atoms with E-state index in [4.69, 9.17) is 16.0 Å². The molecule has 0 N–H and O–H groups in total. The zero-order chi connectivity index (χ0) is 29.6. The highest BCUT2D eigenvalue weighted by atomic mass is 35.5. The Labute approximate surface area is 267 Å². The lowest BCUT2D eigenvalue weighted by Crippen LogP contribution is -1.85. The summed E-state index contributed by atoms with van der Waals surface area (Å²) in [4.78, 5) is 0. The molecule has 45 heavy (non-hydrogen) atoms. The number of halogens is 1. The zero-order valence-corrected chi connectivity index (χ0v) is 25.5. The molecule has 0 bridgehead atoms. The Morgan fingerprint density at radius 2 is 1.04 bits per heavy atom. The van der Waals surface area contributed by atoms with Crippen LogP contribution < -0.4 is 0 Å². The van der Waals surface area contributed by atoms with Crippen molar-refractivity contribution in [2.24, 2.45) is 0 Å². The maximum Gasteiger partial charge on any atom is 0.143 e. The molecular weight excluding hydrogens is 588 g/mol. The molecule has 0 aliphatic heterocycles. The molecule has 0 radical (unpaired) electrons. The fraction of sp³-hybridized carbons (Fsp3) is 0. The van der Waals surface area contributed by atoms with Crippen molar-refractivity contribution < 1.29 is 4.42 Å². The predicted octanol–water partition coefficient (Wildman–Crippen LogP) is 13.4.